The summed E-state index contributed by atoms with van der Waals surface area (Å²) in [7, 11) is -3.09. The Labute approximate surface area is 126 Å². The van der Waals surface area contributed by atoms with E-state index in [1.165, 1.54) is 11.3 Å². The largest absolute Gasteiger partial charge is 0.466 e. The van der Waals surface area contributed by atoms with E-state index in [1.807, 2.05) is 0 Å². The zero-order valence-corrected chi connectivity index (χ0v) is 13.1. The third kappa shape index (κ3) is 4.50. The Morgan fingerprint density at radius 2 is 2.29 bits per heavy atom. The standard InChI is InChI=1S/C12H16N2O5S2/c1-2-19-10(15)5-9-6-20-12(13-9)14-11(16)8-3-4-21(17,18)7-8/h6,8H,2-5,7H2,1H3,(H,13,14,16). The average Bonchev–Trinajstić information content (AvgIpc) is 2.96. The second-order valence-corrected chi connectivity index (χ2v) is 7.80. The number of sulfone groups is 1. The van der Waals surface area contributed by atoms with E-state index < -0.39 is 15.8 Å². The lowest BCUT2D eigenvalue weighted by atomic mass is 10.1. The van der Waals surface area contributed by atoms with Gasteiger partial charge in [-0.25, -0.2) is 13.4 Å². The molecule has 0 aromatic carbocycles. The maximum Gasteiger partial charge on any atom is 0.311 e. The number of esters is 1. The van der Waals surface area contributed by atoms with Gasteiger partial charge in [0.1, 0.15) is 0 Å². The SMILES string of the molecule is CCOC(=O)Cc1csc(NC(=O)C2CCS(=O)(=O)C2)n1. The quantitative estimate of drug-likeness (QED) is 0.793. The lowest BCUT2D eigenvalue weighted by Gasteiger charge is -2.06. The summed E-state index contributed by atoms with van der Waals surface area (Å²) >= 11 is 1.20. The zero-order valence-electron chi connectivity index (χ0n) is 11.5. The van der Waals surface area contributed by atoms with Crippen molar-refractivity contribution in [3.05, 3.63) is 11.1 Å². The number of amides is 1. The maximum absolute atomic E-state index is 11.9. The van der Waals surface area contributed by atoms with Gasteiger partial charge in [-0.2, -0.15) is 0 Å². The van der Waals surface area contributed by atoms with Crippen molar-refractivity contribution in [3.63, 3.8) is 0 Å². The monoisotopic (exact) mass is 332 g/mol. The van der Waals surface area contributed by atoms with Crippen LogP contribution in [0.1, 0.15) is 19.0 Å². The highest BCUT2D eigenvalue weighted by Crippen LogP contribution is 2.22. The van der Waals surface area contributed by atoms with Gasteiger partial charge < -0.3 is 10.1 Å². The molecular weight excluding hydrogens is 316 g/mol. The van der Waals surface area contributed by atoms with Gasteiger partial charge in [-0.15, -0.1) is 11.3 Å². The highest BCUT2D eigenvalue weighted by atomic mass is 32.2. The van der Waals surface area contributed by atoms with E-state index in [9.17, 15) is 18.0 Å². The van der Waals surface area contributed by atoms with Crippen LogP contribution in [0.4, 0.5) is 5.13 Å². The molecule has 1 aromatic rings. The van der Waals surface area contributed by atoms with Crippen molar-refractivity contribution in [3.8, 4) is 0 Å². The fourth-order valence-corrected chi connectivity index (χ4v) is 4.47. The van der Waals surface area contributed by atoms with Gasteiger partial charge in [-0.1, -0.05) is 0 Å². The molecule has 1 atom stereocenters. The smallest absolute Gasteiger partial charge is 0.311 e. The number of thiazole rings is 1. The molecule has 1 aliphatic rings. The first-order valence-corrected chi connectivity index (χ1v) is 9.21. The first kappa shape index (κ1) is 15.9. The molecule has 9 heteroatoms. The van der Waals surface area contributed by atoms with Gasteiger partial charge in [0.15, 0.2) is 15.0 Å². The second kappa shape index (κ2) is 6.52. The minimum Gasteiger partial charge on any atom is -0.466 e. The number of aromatic nitrogens is 1. The summed E-state index contributed by atoms with van der Waals surface area (Å²) in [5.41, 5.74) is 0.521. The molecule has 1 amide bonds. The first-order valence-electron chi connectivity index (χ1n) is 6.51. The summed E-state index contributed by atoms with van der Waals surface area (Å²) in [6.07, 6.45) is 0.396. The lowest BCUT2D eigenvalue weighted by Crippen LogP contribution is -2.23. The minimum atomic E-state index is -3.09. The minimum absolute atomic E-state index is 0.0526. The number of nitrogens with zero attached hydrogens (tertiary/aromatic N) is 1. The Morgan fingerprint density at radius 3 is 2.90 bits per heavy atom. The molecule has 1 aromatic heterocycles. The molecule has 0 aliphatic carbocycles. The van der Waals surface area contributed by atoms with Crippen LogP contribution in [0.25, 0.3) is 0 Å². The van der Waals surface area contributed by atoms with Crippen LogP contribution >= 0.6 is 11.3 Å². The predicted molar refractivity (Wildman–Crippen MR) is 77.8 cm³/mol. The maximum atomic E-state index is 11.9. The number of hydrogen-bond acceptors (Lipinski definition) is 7. The normalized spacial score (nSPS) is 20.1. The summed E-state index contributed by atoms with van der Waals surface area (Å²) in [4.78, 5) is 27.4. The van der Waals surface area contributed by atoms with Crippen molar-refractivity contribution >= 4 is 38.2 Å². The number of carbonyl (C=O) groups excluding carboxylic acids is 2. The van der Waals surface area contributed by atoms with E-state index in [-0.39, 0.29) is 29.8 Å². The van der Waals surface area contributed by atoms with Crippen LogP contribution in [-0.2, 0) is 30.6 Å². The molecule has 1 aliphatic heterocycles. The average molecular weight is 332 g/mol. The third-order valence-electron chi connectivity index (χ3n) is 3.02. The molecule has 7 nitrogen and oxygen atoms in total. The van der Waals surface area contributed by atoms with Crippen LogP contribution in [0.3, 0.4) is 0 Å². The Balaban J connectivity index is 1.90. The van der Waals surface area contributed by atoms with Crippen molar-refractivity contribution in [2.24, 2.45) is 5.92 Å². The van der Waals surface area contributed by atoms with E-state index in [0.717, 1.165) is 0 Å². The summed E-state index contributed by atoms with van der Waals surface area (Å²) in [6.45, 7) is 2.03. The van der Waals surface area contributed by atoms with E-state index in [2.05, 4.69) is 10.3 Å². The predicted octanol–water partition coefficient (Wildman–Crippen LogP) is 0.622. The molecule has 2 heterocycles. The van der Waals surface area contributed by atoms with Gasteiger partial charge in [0.25, 0.3) is 0 Å². The summed E-state index contributed by atoms with van der Waals surface area (Å²) in [5, 5.41) is 4.63. The van der Waals surface area contributed by atoms with Crippen LogP contribution < -0.4 is 5.32 Å². The van der Waals surface area contributed by atoms with Crippen LogP contribution in [0.15, 0.2) is 5.38 Å². The molecule has 0 radical (unpaired) electrons. The van der Waals surface area contributed by atoms with E-state index in [4.69, 9.17) is 4.74 Å². The lowest BCUT2D eigenvalue weighted by molar-refractivity contribution is -0.142. The molecule has 116 valence electrons. The van der Waals surface area contributed by atoms with Gasteiger partial charge in [0.05, 0.1) is 36.1 Å². The summed E-state index contributed by atoms with van der Waals surface area (Å²) in [6, 6.07) is 0. The number of ether oxygens (including phenoxy) is 1. The second-order valence-electron chi connectivity index (χ2n) is 4.72. The van der Waals surface area contributed by atoms with Crippen molar-refractivity contribution in [1.82, 2.24) is 4.98 Å². The van der Waals surface area contributed by atoms with E-state index in [0.29, 0.717) is 23.9 Å². The van der Waals surface area contributed by atoms with Gasteiger partial charge in [-0.3, -0.25) is 9.59 Å². The first-order chi connectivity index (χ1) is 9.89. The van der Waals surface area contributed by atoms with Gasteiger partial charge in [0, 0.05) is 5.38 Å². The number of hydrogen-bond donors (Lipinski definition) is 1. The molecule has 1 fully saturated rings. The van der Waals surface area contributed by atoms with E-state index >= 15 is 0 Å². The summed E-state index contributed by atoms with van der Waals surface area (Å²) < 4.78 is 27.5. The molecular formula is C12H16N2O5S2. The van der Waals surface area contributed by atoms with Crippen LogP contribution in [0.5, 0.6) is 0 Å². The van der Waals surface area contributed by atoms with Crippen molar-refractivity contribution in [2.75, 3.05) is 23.4 Å². The highest BCUT2D eigenvalue weighted by Gasteiger charge is 2.33. The number of carbonyl (C=O) groups is 2. The van der Waals surface area contributed by atoms with Gasteiger partial charge >= 0.3 is 5.97 Å². The summed E-state index contributed by atoms with van der Waals surface area (Å²) in [5.74, 6) is -1.29. The van der Waals surface area contributed by atoms with Crippen molar-refractivity contribution in [1.29, 1.82) is 0 Å². The molecule has 1 N–H and O–H groups in total. The number of anilines is 1. The Hall–Kier alpha value is -1.48. The Kier molecular flexibility index (Phi) is 4.94. The molecule has 21 heavy (non-hydrogen) atoms. The molecule has 0 spiro atoms. The Morgan fingerprint density at radius 1 is 1.52 bits per heavy atom. The molecule has 1 saturated heterocycles. The molecule has 1 unspecified atom stereocenters. The topological polar surface area (TPSA) is 102 Å². The molecule has 0 bridgehead atoms. The molecule has 0 saturated carbocycles. The highest BCUT2D eigenvalue weighted by molar-refractivity contribution is 7.91. The van der Waals surface area contributed by atoms with Crippen molar-refractivity contribution < 1.29 is 22.7 Å². The fourth-order valence-electron chi connectivity index (χ4n) is 2.01. The number of rotatable bonds is 5. The van der Waals surface area contributed by atoms with Crippen LogP contribution in [-0.4, -0.2) is 43.4 Å². The van der Waals surface area contributed by atoms with E-state index in [1.54, 1.807) is 12.3 Å². The van der Waals surface area contributed by atoms with Crippen LogP contribution in [0.2, 0.25) is 0 Å². The number of nitrogens with one attached hydrogen (secondary N) is 1. The zero-order chi connectivity index (χ0) is 15.5. The third-order valence-corrected chi connectivity index (χ3v) is 5.59. The van der Waals surface area contributed by atoms with Crippen molar-refractivity contribution in [2.45, 2.75) is 19.8 Å². The van der Waals surface area contributed by atoms with Gasteiger partial charge in [-0.05, 0) is 13.3 Å². The van der Waals surface area contributed by atoms with Crippen LogP contribution in [0, 0.1) is 5.92 Å². The van der Waals surface area contributed by atoms with Gasteiger partial charge in [0.2, 0.25) is 5.91 Å². The fraction of sp³-hybridized carbons (Fsp3) is 0.583. The molecule has 2 rings (SSSR count). The Bertz CT molecular complexity index is 638.